The third-order valence-electron chi connectivity index (χ3n) is 4.63. The highest BCUT2D eigenvalue weighted by atomic mass is 32.2. The summed E-state index contributed by atoms with van der Waals surface area (Å²) in [6, 6.07) is -0.672. The van der Waals surface area contributed by atoms with E-state index in [1.54, 1.807) is 43.2 Å². The zero-order valence-corrected chi connectivity index (χ0v) is 18.4. The first-order valence-electron chi connectivity index (χ1n) is 9.07. The van der Waals surface area contributed by atoms with E-state index in [-0.39, 0.29) is 11.7 Å². The lowest BCUT2D eigenvalue weighted by atomic mass is 10.2. The van der Waals surface area contributed by atoms with Crippen LogP contribution in [0.2, 0.25) is 0 Å². The Labute approximate surface area is 181 Å². The predicted octanol–water partition coefficient (Wildman–Crippen LogP) is 1.48. The number of nitrogens with one attached hydrogen (secondary N) is 2. The van der Waals surface area contributed by atoms with E-state index in [4.69, 9.17) is 0 Å². The van der Waals surface area contributed by atoms with Crippen LogP contribution in [-0.2, 0) is 11.8 Å². The molecule has 0 fully saturated rings. The van der Waals surface area contributed by atoms with E-state index in [2.05, 4.69) is 37.3 Å². The third-order valence-corrected chi connectivity index (χ3v) is 7.33. The summed E-state index contributed by atoms with van der Waals surface area (Å²) in [6.07, 6.45) is 3.42. The van der Waals surface area contributed by atoms with Gasteiger partial charge in [-0.15, -0.1) is 28.2 Å². The molecule has 1 atom stereocenters. The number of carbonyl (C=O) groups excluding carboxylic acids is 2. The Bertz CT molecular complexity index is 1200. The van der Waals surface area contributed by atoms with Crippen LogP contribution >= 0.6 is 23.1 Å². The molecule has 30 heavy (non-hydrogen) atoms. The summed E-state index contributed by atoms with van der Waals surface area (Å²) in [5, 5.41) is 10.1. The van der Waals surface area contributed by atoms with Gasteiger partial charge in [-0.05, 0) is 31.3 Å². The molecule has 1 aliphatic rings. The Morgan fingerprint density at radius 3 is 2.80 bits per heavy atom. The van der Waals surface area contributed by atoms with Crippen molar-refractivity contribution in [3.8, 4) is 11.8 Å². The lowest BCUT2D eigenvalue weighted by Gasteiger charge is -2.19. The molecule has 0 saturated carbocycles. The van der Waals surface area contributed by atoms with Gasteiger partial charge in [0.2, 0.25) is 5.82 Å². The minimum absolute atomic E-state index is 0.0240. The summed E-state index contributed by atoms with van der Waals surface area (Å²) >= 11 is 3.01. The number of fused-ring (bicyclic) bond motifs is 1. The fourth-order valence-corrected chi connectivity index (χ4v) is 5.46. The molecule has 2 amide bonds. The van der Waals surface area contributed by atoms with Crippen molar-refractivity contribution in [2.45, 2.75) is 24.8 Å². The largest absolute Gasteiger partial charge is 0.337 e. The van der Waals surface area contributed by atoms with Gasteiger partial charge in [0, 0.05) is 24.7 Å². The summed E-state index contributed by atoms with van der Waals surface area (Å²) in [4.78, 5) is 37.0. The van der Waals surface area contributed by atoms with E-state index < -0.39 is 11.9 Å². The number of hydrogen-bond acceptors (Lipinski definition) is 7. The fraction of sp³-hybridized carbons (Fsp3) is 0.316. The summed E-state index contributed by atoms with van der Waals surface area (Å²) in [5.74, 6) is 6.65. The van der Waals surface area contributed by atoms with Gasteiger partial charge < -0.3 is 14.8 Å². The number of aromatic amines is 1. The van der Waals surface area contributed by atoms with Gasteiger partial charge in [-0.3, -0.25) is 14.7 Å². The van der Waals surface area contributed by atoms with E-state index in [0.29, 0.717) is 11.6 Å². The van der Waals surface area contributed by atoms with Crippen LogP contribution in [0, 0.1) is 25.7 Å². The van der Waals surface area contributed by atoms with Crippen LogP contribution < -0.4 is 10.2 Å². The van der Waals surface area contributed by atoms with Gasteiger partial charge in [0.25, 0.3) is 11.8 Å². The fourth-order valence-electron chi connectivity index (χ4n) is 2.93. The molecular formula is C19H19N7O2S2. The number of thioether (sulfide) groups is 1. The van der Waals surface area contributed by atoms with Crippen LogP contribution in [0.25, 0.3) is 0 Å². The van der Waals surface area contributed by atoms with Gasteiger partial charge in [-0.1, -0.05) is 0 Å². The van der Waals surface area contributed by atoms with Crippen LogP contribution in [0.3, 0.4) is 0 Å². The number of imidazole rings is 1. The third kappa shape index (κ3) is 3.71. The molecule has 0 aliphatic carbocycles. The van der Waals surface area contributed by atoms with Crippen molar-refractivity contribution in [2.75, 3.05) is 17.7 Å². The van der Waals surface area contributed by atoms with Crippen molar-refractivity contribution in [1.29, 1.82) is 0 Å². The predicted molar refractivity (Wildman–Crippen MR) is 115 cm³/mol. The number of H-pyrrole nitrogens is 1. The molecule has 0 spiro atoms. The topological polar surface area (TPSA) is 109 Å². The van der Waals surface area contributed by atoms with E-state index in [1.165, 1.54) is 11.3 Å². The Morgan fingerprint density at radius 1 is 1.33 bits per heavy atom. The molecule has 11 heteroatoms. The van der Waals surface area contributed by atoms with Crippen molar-refractivity contribution in [3.05, 3.63) is 40.3 Å². The van der Waals surface area contributed by atoms with Crippen molar-refractivity contribution in [2.24, 2.45) is 7.05 Å². The van der Waals surface area contributed by atoms with Crippen molar-refractivity contribution in [3.63, 3.8) is 0 Å². The van der Waals surface area contributed by atoms with E-state index >= 15 is 0 Å². The lowest BCUT2D eigenvalue weighted by molar-refractivity contribution is -0.119. The maximum absolute atomic E-state index is 13.0. The molecule has 4 heterocycles. The van der Waals surface area contributed by atoms with Crippen LogP contribution in [0.1, 0.15) is 32.6 Å². The number of anilines is 1. The number of nitrogens with zero attached hydrogens (tertiary/aromatic N) is 5. The molecule has 3 aromatic rings. The van der Waals surface area contributed by atoms with Crippen molar-refractivity contribution < 1.29 is 9.59 Å². The molecule has 0 bridgehead atoms. The molecule has 1 aliphatic heterocycles. The minimum atomic E-state index is -0.672. The minimum Gasteiger partial charge on any atom is -0.337 e. The summed E-state index contributed by atoms with van der Waals surface area (Å²) in [7, 11) is 3.61. The maximum Gasteiger partial charge on any atom is 0.291 e. The zero-order valence-electron chi connectivity index (χ0n) is 16.8. The molecule has 3 aromatic heterocycles. The summed E-state index contributed by atoms with van der Waals surface area (Å²) in [6.45, 7) is 3.71. The second-order valence-corrected chi connectivity index (χ2v) is 8.84. The van der Waals surface area contributed by atoms with Crippen LogP contribution in [0.5, 0.6) is 0 Å². The average Bonchev–Trinajstić information content (AvgIpc) is 3.40. The number of carbonyl (C=O) groups is 2. The molecule has 0 radical (unpaired) electrons. The average molecular weight is 442 g/mol. The van der Waals surface area contributed by atoms with Gasteiger partial charge in [-0.2, -0.15) is 0 Å². The van der Waals surface area contributed by atoms with Gasteiger partial charge in [0.15, 0.2) is 0 Å². The Hall–Kier alpha value is -3.10. The van der Waals surface area contributed by atoms with Gasteiger partial charge in [0.05, 0.1) is 17.4 Å². The van der Waals surface area contributed by atoms with E-state index in [9.17, 15) is 9.59 Å². The first-order valence-corrected chi connectivity index (χ1v) is 10.9. The molecule has 9 nitrogen and oxygen atoms in total. The molecule has 2 N–H and O–H groups in total. The van der Waals surface area contributed by atoms with E-state index in [0.717, 1.165) is 26.0 Å². The molecule has 0 unspecified atom stereocenters. The number of hydrogen-bond donors (Lipinski definition) is 2. The maximum atomic E-state index is 13.0. The highest BCUT2D eigenvalue weighted by molar-refractivity contribution is 7.99. The number of aryl methyl sites for hydroxylation is 2. The van der Waals surface area contributed by atoms with Crippen molar-refractivity contribution >= 4 is 39.9 Å². The SMILES string of the molecule is Cc1nc(C(=O)N[C@H]2CSc3c(sc(C#Cc4cncn4C)c3C)N(C)C2=O)n[nH]1. The van der Waals surface area contributed by atoms with Crippen LogP contribution in [-0.4, -0.2) is 55.4 Å². The molecule has 0 aromatic carbocycles. The summed E-state index contributed by atoms with van der Waals surface area (Å²) in [5.41, 5.74) is 1.85. The van der Waals surface area contributed by atoms with Gasteiger partial charge in [-0.25, -0.2) is 9.97 Å². The van der Waals surface area contributed by atoms with Crippen LogP contribution in [0.15, 0.2) is 17.4 Å². The molecule has 154 valence electrons. The second-order valence-electron chi connectivity index (χ2n) is 6.81. The Kier molecular flexibility index (Phi) is 5.36. The highest BCUT2D eigenvalue weighted by Gasteiger charge is 2.33. The Balaban J connectivity index is 1.56. The van der Waals surface area contributed by atoms with E-state index in [1.807, 2.05) is 18.5 Å². The standard InChI is InChI=1S/C19H19N7O2S2/c1-10-14(6-5-12-7-20-9-25(12)3)30-19-15(10)29-8-13(18(28)26(19)4)22-17(27)16-21-11(2)23-24-16/h7,9,13H,8H2,1-4H3,(H,22,27)(H,21,23,24)/t13-/m0/s1. The summed E-state index contributed by atoms with van der Waals surface area (Å²) < 4.78 is 1.86. The van der Waals surface area contributed by atoms with Gasteiger partial charge in [0.1, 0.15) is 22.6 Å². The second kappa shape index (κ2) is 7.97. The number of rotatable bonds is 2. The number of amides is 2. The zero-order chi connectivity index (χ0) is 21.4. The lowest BCUT2D eigenvalue weighted by Crippen LogP contribution is -2.48. The Morgan fingerprint density at radius 2 is 2.13 bits per heavy atom. The monoisotopic (exact) mass is 441 g/mol. The normalized spacial score (nSPS) is 15.9. The number of thiophene rings is 1. The highest BCUT2D eigenvalue weighted by Crippen LogP contribution is 2.43. The van der Waals surface area contributed by atoms with Crippen LogP contribution in [0.4, 0.5) is 5.00 Å². The number of likely N-dealkylation sites (N-methyl/N-ethyl adjacent to an activating group) is 1. The smallest absolute Gasteiger partial charge is 0.291 e. The molecule has 0 saturated heterocycles. The quantitative estimate of drug-likeness (QED) is 0.583. The van der Waals surface area contributed by atoms with Gasteiger partial charge >= 0.3 is 0 Å². The first kappa shape index (κ1) is 20.2. The number of aromatic nitrogens is 5. The molecule has 4 rings (SSSR count). The van der Waals surface area contributed by atoms with Crippen molar-refractivity contribution in [1.82, 2.24) is 30.0 Å². The first-order chi connectivity index (χ1) is 14.3. The molecular weight excluding hydrogens is 422 g/mol.